The maximum atomic E-state index is 13.2. The van der Waals surface area contributed by atoms with Crippen molar-refractivity contribution >= 4 is 16.7 Å². The minimum atomic E-state index is -1.08. The lowest BCUT2D eigenvalue weighted by molar-refractivity contribution is 0.104. The molecule has 0 bridgehead atoms. The summed E-state index contributed by atoms with van der Waals surface area (Å²) < 4.78 is 39.1. The van der Waals surface area contributed by atoms with Gasteiger partial charge in [-0.05, 0) is 36.4 Å². The Morgan fingerprint density at radius 2 is 1.75 bits per heavy atom. The normalized spacial score (nSPS) is 10.9. The highest BCUT2D eigenvalue weighted by Crippen LogP contribution is 2.22. The number of ketones is 1. The third-order valence-electron chi connectivity index (χ3n) is 3.07. The number of hydrogen-bond acceptors (Lipinski definition) is 1. The summed E-state index contributed by atoms with van der Waals surface area (Å²) in [5, 5.41) is 0.529. The number of hydrogen-bond donors (Lipinski definition) is 1. The Balaban J connectivity index is 2.10. The molecule has 0 saturated heterocycles. The summed E-state index contributed by atoms with van der Waals surface area (Å²) in [5.74, 6) is -2.97. The average Bonchev–Trinajstić information content (AvgIpc) is 2.84. The Morgan fingerprint density at radius 1 is 0.950 bits per heavy atom. The van der Waals surface area contributed by atoms with Crippen molar-refractivity contribution in [2.24, 2.45) is 0 Å². The minimum Gasteiger partial charge on any atom is -0.360 e. The number of rotatable bonds is 2. The van der Waals surface area contributed by atoms with Gasteiger partial charge >= 0.3 is 0 Å². The van der Waals surface area contributed by atoms with Gasteiger partial charge in [-0.3, -0.25) is 4.79 Å². The van der Waals surface area contributed by atoms with Gasteiger partial charge in [-0.25, -0.2) is 13.2 Å². The highest BCUT2D eigenvalue weighted by atomic mass is 19.2. The highest BCUT2D eigenvalue weighted by Gasteiger charge is 2.16. The van der Waals surface area contributed by atoms with Crippen LogP contribution in [0.3, 0.4) is 0 Å². The van der Waals surface area contributed by atoms with Crippen LogP contribution in [-0.2, 0) is 0 Å². The SMILES string of the molecule is O=C(c1ccc(F)c(F)c1)c1c[nH]c2cc(F)ccc12. The van der Waals surface area contributed by atoms with Crippen LogP contribution in [0.25, 0.3) is 10.9 Å². The van der Waals surface area contributed by atoms with Gasteiger partial charge in [-0.2, -0.15) is 0 Å². The van der Waals surface area contributed by atoms with Crippen molar-refractivity contribution in [3.05, 3.63) is 71.2 Å². The van der Waals surface area contributed by atoms with Crippen LogP contribution in [0.15, 0.2) is 42.6 Å². The fourth-order valence-corrected chi connectivity index (χ4v) is 2.08. The predicted octanol–water partition coefficient (Wildman–Crippen LogP) is 3.82. The smallest absolute Gasteiger partial charge is 0.195 e. The molecule has 0 unspecified atom stereocenters. The molecule has 3 aromatic rings. The van der Waals surface area contributed by atoms with E-state index in [4.69, 9.17) is 0 Å². The Labute approximate surface area is 111 Å². The van der Waals surface area contributed by atoms with Gasteiger partial charge in [0.15, 0.2) is 17.4 Å². The molecule has 2 nitrogen and oxygen atoms in total. The molecule has 1 heterocycles. The van der Waals surface area contributed by atoms with Gasteiger partial charge in [-0.15, -0.1) is 0 Å². The first-order valence-corrected chi connectivity index (χ1v) is 5.82. The number of carbonyl (C=O) groups is 1. The zero-order chi connectivity index (χ0) is 14.3. The van der Waals surface area contributed by atoms with E-state index in [1.807, 2.05) is 0 Å². The summed E-state index contributed by atoms with van der Waals surface area (Å²) in [6.45, 7) is 0. The van der Waals surface area contributed by atoms with Crippen molar-refractivity contribution in [2.45, 2.75) is 0 Å². The first-order valence-electron chi connectivity index (χ1n) is 5.82. The second kappa shape index (κ2) is 4.52. The molecule has 1 aromatic heterocycles. The van der Waals surface area contributed by atoms with E-state index in [-0.39, 0.29) is 11.1 Å². The van der Waals surface area contributed by atoms with Crippen molar-refractivity contribution in [2.75, 3.05) is 0 Å². The lowest BCUT2D eigenvalue weighted by atomic mass is 10.0. The molecule has 20 heavy (non-hydrogen) atoms. The lowest BCUT2D eigenvalue weighted by Crippen LogP contribution is -2.01. The Morgan fingerprint density at radius 3 is 2.50 bits per heavy atom. The fourth-order valence-electron chi connectivity index (χ4n) is 2.08. The molecule has 0 atom stereocenters. The number of aromatic amines is 1. The van der Waals surface area contributed by atoms with Gasteiger partial charge in [-0.1, -0.05) is 0 Å². The molecule has 0 aliphatic heterocycles. The van der Waals surface area contributed by atoms with E-state index in [0.29, 0.717) is 10.9 Å². The molecule has 0 radical (unpaired) electrons. The van der Waals surface area contributed by atoms with E-state index in [0.717, 1.165) is 12.1 Å². The van der Waals surface area contributed by atoms with Crippen molar-refractivity contribution in [3.8, 4) is 0 Å². The van der Waals surface area contributed by atoms with E-state index in [2.05, 4.69) is 4.98 Å². The van der Waals surface area contributed by atoms with Crippen LogP contribution >= 0.6 is 0 Å². The van der Waals surface area contributed by atoms with E-state index in [1.165, 1.54) is 30.5 Å². The van der Waals surface area contributed by atoms with Gasteiger partial charge in [0.25, 0.3) is 0 Å². The topological polar surface area (TPSA) is 32.9 Å². The van der Waals surface area contributed by atoms with E-state index in [9.17, 15) is 18.0 Å². The molecule has 5 heteroatoms. The fraction of sp³-hybridized carbons (Fsp3) is 0. The number of H-pyrrole nitrogens is 1. The van der Waals surface area contributed by atoms with Crippen molar-refractivity contribution in [1.82, 2.24) is 4.98 Å². The number of benzene rings is 2. The Hall–Kier alpha value is -2.56. The second-order valence-corrected chi connectivity index (χ2v) is 4.35. The summed E-state index contributed by atoms with van der Waals surface area (Å²) in [4.78, 5) is 15.0. The first-order chi connectivity index (χ1) is 9.56. The van der Waals surface area contributed by atoms with Gasteiger partial charge in [0.1, 0.15) is 5.82 Å². The van der Waals surface area contributed by atoms with Crippen LogP contribution in [0.1, 0.15) is 15.9 Å². The molecular formula is C15H8F3NO. The summed E-state index contributed by atoms with van der Waals surface area (Å²) >= 11 is 0. The summed E-state index contributed by atoms with van der Waals surface area (Å²) in [6.07, 6.45) is 1.42. The van der Waals surface area contributed by atoms with Crippen LogP contribution in [0, 0.1) is 17.5 Å². The Bertz CT molecular complexity index is 823. The molecule has 1 N–H and O–H groups in total. The maximum absolute atomic E-state index is 13.2. The minimum absolute atomic E-state index is 0.0362. The molecular weight excluding hydrogens is 267 g/mol. The highest BCUT2D eigenvalue weighted by molar-refractivity contribution is 6.16. The molecule has 0 fully saturated rings. The Kier molecular flexibility index (Phi) is 2.82. The third kappa shape index (κ3) is 1.97. The van der Waals surface area contributed by atoms with Crippen LogP contribution in [0.5, 0.6) is 0 Å². The predicted molar refractivity (Wildman–Crippen MR) is 68.0 cm³/mol. The summed E-state index contributed by atoms with van der Waals surface area (Å²) in [5.41, 5.74) is 0.788. The molecule has 3 rings (SSSR count). The number of halogens is 3. The monoisotopic (exact) mass is 275 g/mol. The largest absolute Gasteiger partial charge is 0.360 e. The van der Waals surface area contributed by atoms with E-state index in [1.54, 1.807) is 0 Å². The average molecular weight is 275 g/mol. The van der Waals surface area contributed by atoms with Crippen LogP contribution in [0.4, 0.5) is 13.2 Å². The number of nitrogens with one attached hydrogen (secondary N) is 1. The molecule has 2 aromatic carbocycles. The number of aromatic nitrogens is 1. The standard InChI is InChI=1S/C15H8F3NO/c16-9-2-3-10-11(7-19-14(10)6-9)15(20)8-1-4-12(17)13(18)5-8/h1-7,19H. The maximum Gasteiger partial charge on any atom is 0.195 e. The number of fused-ring (bicyclic) bond motifs is 1. The first kappa shape index (κ1) is 12.5. The molecule has 100 valence electrons. The zero-order valence-corrected chi connectivity index (χ0v) is 10.1. The van der Waals surface area contributed by atoms with E-state index >= 15 is 0 Å². The second-order valence-electron chi connectivity index (χ2n) is 4.35. The summed E-state index contributed by atoms with van der Waals surface area (Å²) in [6, 6.07) is 6.92. The quantitative estimate of drug-likeness (QED) is 0.709. The molecule has 0 spiro atoms. The number of carbonyl (C=O) groups excluding carboxylic acids is 1. The van der Waals surface area contributed by atoms with Gasteiger partial charge in [0.2, 0.25) is 0 Å². The van der Waals surface area contributed by atoms with Crippen molar-refractivity contribution < 1.29 is 18.0 Å². The van der Waals surface area contributed by atoms with Gasteiger partial charge in [0, 0.05) is 28.2 Å². The molecule has 0 aliphatic carbocycles. The van der Waals surface area contributed by atoms with Crippen molar-refractivity contribution in [1.29, 1.82) is 0 Å². The van der Waals surface area contributed by atoms with Gasteiger partial charge < -0.3 is 4.98 Å². The molecule has 0 aliphatic rings. The van der Waals surface area contributed by atoms with Crippen LogP contribution in [0.2, 0.25) is 0 Å². The van der Waals surface area contributed by atoms with Gasteiger partial charge in [0.05, 0.1) is 0 Å². The lowest BCUT2D eigenvalue weighted by Gasteiger charge is -2.01. The van der Waals surface area contributed by atoms with Crippen LogP contribution < -0.4 is 0 Å². The van der Waals surface area contributed by atoms with Crippen LogP contribution in [-0.4, -0.2) is 10.8 Å². The summed E-state index contributed by atoms with van der Waals surface area (Å²) in [7, 11) is 0. The van der Waals surface area contributed by atoms with E-state index < -0.39 is 23.2 Å². The zero-order valence-electron chi connectivity index (χ0n) is 10.1. The van der Waals surface area contributed by atoms with Crippen molar-refractivity contribution in [3.63, 3.8) is 0 Å². The molecule has 0 saturated carbocycles. The molecule has 0 amide bonds. The third-order valence-corrected chi connectivity index (χ3v) is 3.07.